The van der Waals surface area contributed by atoms with Crippen LogP contribution in [0, 0.1) is 12.8 Å². The molecule has 0 saturated heterocycles. The normalized spacial score (nSPS) is 14.3. The molecule has 1 rings (SSSR count). The standard InChI is InChI=1S/C17H29NO/c1-5-10-18-17(11-14(2)13-19-4)12-16-9-7-6-8-15(16)3/h6-9,14,17-18H,5,10-13H2,1-4H3. The van der Waals surface area contributed by atoms with Crippen LogP contribution in [0.15, 0.2) is 24.3 Å². The minimum Gasteiger partial charge on any atom is -0.384 e. The van der Waals surface area contributed by atoms with E-state index in [0.717, 1.165) is 19.6 Å². The lowest BCUT2D eigenvalue weighted by Crippen LogP contribution is -2.34. The maximum absolute atomic E-state index is 5.26. The Morgan fingerprint density at radius 3 is 2.63 bits per heavy atom. The summed E-state index contributed by atoms with van der Waals surface area (Å²) in [7, 11) is 1.78. The van der Waals surface area contributed by atoms with E-state index in [1.54, 1.807) is 7.11 Å². The zero-order valence-electron chi connectivity index (χ0n) is 12.9. The summed E-state index contributed by atoms with van der Waals surface area (Å²) in [5, 5.41) is 3.68. The van der Waals surface area contributed by atoms with Crippen molar-refractivity contribution in [2.24, 2.45) is 5.92 Å². The summed E-state index contributed by atoms with van der Waals surface area (Å²) >= 11 is 0. The summed E-state index contributed by atoms with van der Waals surface area (Å²) in [5.74, 6) is 0.600. The Kier molecular flexibility index (Phi) is 7.76. The lowest BCUT2D eigenvalue weighted by atomic mass is 9.94. The molecule has 1 aromatic carbocycles. The van der Waals surface area contributed by atoms with Gasteiger partial charge in [0, 0.05) is 19.8 Å². The molecule has 0 saturated carbocycles. The Balaban J connectivity index is 2.60. The van der Waals surface area contributed by atoms with Crippen LogP contribution in [0.1, 0.15) is 37.8 Å². The molecule has 2 nitrogen and oxygen atoms in total. The summed E-state index contributed by atoms with van der Waals surface area (Å²) in [6, 6.07) is 9.24. The van der Waals surface area contributed by atoms with Crippen molar-refractivity contribution in [1.82, 2.24) is 5.32 Å². The number of methoxy groups -OCH3 is 1. The van der Waals surface area contributed by atoms with E-state index in [0.29, 0.717) is 12.0 Å². The molecule has 0 aliphatic heterocycles. The van der Waals surface area contributed by atoms with Crippen LogP contribution in [0.5, 0.6) is 0 Å². The highest BCUT2D eigenvalue weighted by Crippen LogP contribution is 2.15. The maximum Gasteiger partial charge on any atom is 0.0488 e. The second-order valence-corrected chi connectivity index (χ2v) is 5.58. The van der Waals surface area contributed by atoms with Gasteiger partial charge in [0.25, 0.3) is 0 Å². The number of hydrogen-bond acceptors (Lipinski definition) is 2. The Morgan fingerprint density at radius 1 is 1.26 bits per heavy atom. The van der Waals surface area contributed by atoms with Gasteiger partial charge in [0.2, 0.25) is 0 Å². The average molecular weight is 263 g/mol. The fourth-order valence-corrected chi connectivity index (χ4v) is 2.53. The zero-order valence-corrected chi connectivity index (χ0v) is 12.9. The van der Waals surface area contributed by atoms with E-state index in [1.165, 1.54) is 24.0 Å². The first-order valence-electron chi connectivity index (χ1n) is 7.44. The fourth-order valence-electron chi connectivity index (χ4n) is 2.53. The van der Waals surface area contributed by atoms with Crippen molar-refractivity contribution in [3.63, 3.8) is 0 Å². The van der Waals surface area contributed by atoms with Gasteiger partial charge in [-0.15, -0.1) is 0 Å². The van der Waals surface area contributed by atoms with E-state index < -0.39 is 0 Å². The van der Waals surface area contributed by atoms with Gasteiger partial charge in [0.05, 0.1) is 0 Å². The molecule has 0 fully saturated rings. The SMILES string of the molecule is CCCNC(Cc1ccccc1C)CC(C)COC. The average Bonchev–Trinajstić information content (AvgIpc) is 2.39. The molecule has 0 amide bonds. The van der Waals surface area contributed by atoms with Gasteiger partial charge in [-0.3, -0.25) is 0 Å². The first-order chi connectivity index (χ1) is 9.17. The smallest absolute Gasteiger partial charge is 0.0488 e. The second-order valence-electron chi connectivity index (χ2n) is 5.58. The van der Waals surface area contributed by atoms with Gasteiger partial charge >= 0.3 is 0 Å². The van der Waals surface area contributed by atoms with Crippen LogP contribution in [0.3, 0.4) is 0 Å². The third kappa shape index (κ3) is 6.22. The van der Waals surface area contributed by atoms with Gasteiger partial charge in [0.1, 0.15) is 0 Å². The molecular weight excluding hydrogens is 234 g/mol. The lowest BCUT2D eigenvalue weighted by Gasteiger charge is -2.23. The van der Waals surface area contributed by atoms with Crippen molar-refractivity contribution in [1.29, 1.82) is 0 Å². The van der Waals surface area contributed by atoms with E-state index in [1.807, 2.05) is 0 Å². The van der Waals surface area contributed by atoms with E-state index in [-0.39, 0.29) is 0 Å². The Labute approximate surface area is 118 Å². The number of ether oxygens (including phenoxy) is 1. The van der Waals surface area contributed by atoms with E-state index in [9.17, 15) is 0 Å². The molecule has 0 heterocycles. The van der Waals surface area contributed by atoms with Gasteiger partial charge in [-0.2, -0.15) is 0 Å². The van der Waals surface area contributed by atoms with Crippen molar-refractivity contribution >= 4 is 0 Å². The summed E-state index contributed by atoms with van der Waals surface area (Å²) in [5.41, 5.74) is 2.85. The number of rotatable bonds is 9. The van der Waals surface area contributed by atoms with Crippen LogP contribution in [-0.2, 0) is 11.2 Å². The summed E-state index contributed by atoms with van der Waals surface area (Å²) in [6.07, 6.45) is 3.46. The Morgan fingerprint density at radius 2 is 2.00 bits per heavy atom. The molecule has 0 radical (unpaired) electrons. The van der Waals surface area contributed by atoms with Crippen LogP contribution in [0.25, 0.3) is 0 Å². The number of hydrogen-bond donors (Lipinski definition) is 1. The molecule has 1 N–H and O–H groups in total. The molecular formula is C17H29NO. The summed E-state index contributed by atoms with van der Waals surface area (Å²) in [4.78, 5) is 0. The van der Waals surface area contributed by atoms with Crippen LogP contribution < -0.4 is 5.32 Å². The molecule has 0 aromatic heterocycles. The molecule has 0 aliphatic rings. The number of nitrogens with one attached hydrogen (secondary N) is 1. The molecule has 2 unspecified atom stereocenters. The van der Waals surface area contributed by atoms with Gasteiger partial charge in [-0.25, -0.2) is 0 Å². The third-order valence-electron chi connectivity index (χ3n) is 3.55. The van der Waals surface area contributed by atoms with Gasteiger partial charge < -0.3 is 10.1 Å². The highest BCUT2D eigenvalue weighted by molar-refractivity contribution is 5.26. The Bertz CT molecular complexity index is 351. The highest BCUT2D eigenvalue weighted by Gasteiger charge is 2.14. The fraction of sp³-hybridized carbons (Fsp3) is 0.647. The molecule has 2 heteroatoms. The van der Waals surface area contributed by atoms with Crippen LogP contribution >= 0.6 is 0 Å². The van der Waals surface area contributed by atoms with E-state index in [4.69, 9.17) is 4.74 Å². The predicted octanol–water partition coefficient (Wildman–Crippen LogP) is 3.58. The molecule has 0 spiro atoms. The molecule has 19 heavy (non-hydrogen) atoms. The van der Waals surface area contributed by atoms with Crippen molar-refractivity contribution in [3.8, 4) is 0 Å². The van der Waals surface area contributed by atoms with Crippen molar-refractivity contribution < 1.29 is 4.74 Å². The van der Waals surface area contributed by atoms with Crippen LogP contribution in [-0.4, -0.2) is 26.3 Å². The van der Waals surface area contributed by atoms with E-state index >= 15 is 0 Å². The molecule has 0 aliphatic carbocycles. The van der Waals surface area contributed by atoms with Crippen LogP contribution in [0.4, 0.5) is 0 Å². The first kappa shape index (κ1) is 16.2. The quantitative estimate of drug-likeness (QED) is 0.735. The maximum atomic E-state index is 5.26. The summed E-state index contributed by atoms with van der Waals surface area (Å²) in [6.45, 7) is 8.62. The summed E-state index contributed by atoms with van der Waals surface area (Å²) < 4.78 is 5.26. The molecule has 2 atom stereocenters. The van der Waals surface area contributed by atoms with Crippen molar-refractivity contribution in [2.75, 3.05) is 20.3 Å². The number of benzene rings is 1. The molecule has 0 bridgehead atoms. The predicted molar refractivity (Wildman–Crippen MR) is 82.6 cm³/mol. The highest BCUT2D eigenvalue weighted by atomic mass is 16.5. The zero-order chi connectivity index (χ0) is 14.1. The minimum absolute atomic E-state index is 0.547. The monoisotopic (exact) mass is 263 g/mol. The van der Waals surface area contributed by atoms with Crippen LogP contribution in [0.2, 0.25) is 0 Å². The van der Waals surface area contributed by atoms with Gasteiger partial charge in [-0.05, 0) is 49.8 Å². The van der Waals surface area contributed by atoms with Gasteiger partial charge in [0.15, 0.2) is 0 Å². The molecule has 1 aromatic rings. The van der Waals surface area contributed by atoms with E-state index in [2.05, 4.69) is 50.4 Å². The largest absolute Gasteiger partial charge is 0.384 e. The topological polar surface area (TPSA) is 21.3 Å². The van der Waals surface area contributed by atoms with Gasteiger partial charge in [-0.1, -0.05) is 38.1 Å². The lowest BCUT2D eigenvalue weighted by molar-refractivity contribution is 0.149. The van der Waals surface area contributed by atoms with Crippen molar-refractivity contribution in [3.05, 3.63) is 35.4 Å². The first-order valence-corrected chi connectivity index (χ1v) is 7.44. The molecule has 108 valence electrons. The Hall–Kier alpha value is -0.860. The second kappa shape index (κ2) is 9.11. The van der Waals surface area contributed by atoms with Crippen molar-refractivity contribution in [2.45, 2.75) is 46.1 Å². The number of aryl methyl sites for hydroxylation is 1. The third-order valence-corrected chi connectivity index (χ3v) is 3.55. The minimum atomic E-state index is 0.547.